The molecule has 3 aromatic carbocycles. The zero-order chi connectivity index (χ0) is 17.1. The first-order chi connectivity index (χ1) is 12.3. The Labute approximate surface area is 161 Å². The molecule has 0 fully saturated rings. The van der Waals surface area contributed by atoms with Gasteiger partial charge in [0.1, 0.15) is 0 Å². The molecule has 0 unspecified atom stereocenters. The summed E-state index contributed by atoms with van der Waals surface area (Å²) in [5.74, 6) is 1.74. The fourth-order valence-corrected chi connectivity index (χ4v) is 3.37. The number of rotatable bonds is 3. The Morgan fingerprint density at radius 1 is 0.480 bits per heavy atom. The summed E-state index contributed by atoms with van der Waals surface area (Å²) < 4.78 is 7.45. The average Bonchev–Trinajstić information content (AvgIpc) is 2.69. The van der Waals surface area contributed by atoms with Crippen LogP contribution < -0.4 is 0 Å². The molecule has 1 nitrogen and oxygen atoms in total. The second-order valence-corrected chi connectivity index (χ2v) is 7.06. The molecule has 0 aliphatic carbocycles. The standard InChI is InChI=1S/C23H16IO/c24-21-13-7-12-19(14-21)23-16-20(17-8-3-1-4-9-17)15-22(25-23)18-10-5-2-6-11-18/h1-16H/q+1. The Kier molecular flexibility index (Phi) is 4.61. The molecule has 0 amide bonds. The van der Waals surface area contributed by atoms with Gasteiger partial charge in [0.25, 0.3) is 0 Å². The van der Waals surface area contributed by atoms with Crippen LogP contribution in [0.1, 0.15) is 0 Å². The maximum Gasteiger partial charge on any atom is 0.361 e. The molecule has 4 rings (SSSR count). The minimum Gasteiger partial charge on any atom is -0.207 e. The normalized spacial score (nSPS) is 10.6. The van der Waals surface area contributed by atoms with Gasteiger partial charge in [0, 0.05) is 9.13 Å². The Balaban J connectivity index is 1.92. The molecule has 0 N–H and O–H groups in total. The molecule has 1 heterocycles. The van der Waals surface area contributed by atoms with Gasteiger partial charge in [-0.25, -0.2) is 4.42 Å². The lowest BCUT2D eigenvalue weighted by molar-refractivity contribution is 0.582. The Hall–Kier alpha value is -2.46. The lowest BCUT2D eigenvalue weighted by atomic mass is 10.0. The summed E-state index contributed by atoms with van der Waals surface area (Å²) in [6.45, 7) is 0. The van der Waals surface area contributed by atoms with Crippen LogP contribution in [0.3, 0.4) is 0 Å². The van der Waals surface area contributed by atoms with Crippen LogP contribution in [-0.4, -0.2) is 0 Å². The van der Waals surface area contributed by atoms with Crippen molar-refractivity contribution in [2.24, 2.45) is 0 Å². The highest BCUT2D eigenvalue weighted by Gasteiger charge is 2.20. The van der Waals surface area contributed by atoms with Gasteiger partial charge >= 0.3 is 11.5 Å². The van der Waals surface area contributed by atoms with Gasteiger partial charge in [-0.2, -0.15) is 0 Å². The summed E-state index contributed by atoms with van der Waals surface area (Å²) in [7, 11) is 0. The maximum absolute atomic E-state index is 6.26. The quantitative estimate of drug-likeness (QED) is 0.245. The van der Waals surface area contributed by atoms with Crippen molar-refractivity contribution < 1.29 is 4.42 Å². The summed E-state index contributed by atoms with van der Waals surface area (Å²) in [6, 6.07) is 33.3. The SMILES string of the molecule is Ic1cccc(-c2cc(-c3ccccc3)cc(-c3ccccc3)[o+]2)c1. The summed E-state index contributed by atoms with van der Waals surface area (Å²) in [5.41, 5.74) is 4.50. The Morgan fingerprint density at radius 3 is 1.68 bits per heavy atom. The second kappa shape index (κ2) is 7.19. The van der Waals surface area contributed by atoms with Crippen molar-refractivity contribution in [2.45, 2.75) is 0 Å². The van der Waals surface area contributed by atoms with E-state index in [1.165, 1.54) is 9.13 Å². The minimum absolute atomic E-state index is 0.871. The third kappa shape index (κ3) is 3.64. The first-order valence-electron chi connectivity index (χ1n) is 8.14. The van der Waals surface area contributed by atoms with Gasteiger partial charge in [-0.1, -0.05) is 54.6 Å². The third-order valence-corrected chi connectivity index (χ3v) is 4.74. The number of halogens is 1. The predicted molar refractivity (Wildman–Crippen MR) is 112 cm³/mol. The molecule has 0 spiro atoms. The minimum atomic E-state index is 0.871. The Morgan fingerprint density at radius 2 is 1.04 bits per heavy atom. The number of benzene rings is 3. The predicted octanol–water partition coefficient (Wildman–Crippen LogP) is 7.17. The molecular formula is C23H16IO+. The summed E-state index contributed by atoms with van der Waals surface area (Å²) in [4.78, 5) is 0. The van der Waals surface area contributed by atoms with E-state index in [1.54, 1.807) is 0 Å². The van der Waals surface area contributed by atoms with Gasteiger partial charge in [-0.05, 0) is 58.5 Å². The highest BCUT2D eigenvalue weighted by atomic mass is 127. The number of hydrogen-bond donors (Lipinski definition) is 0. The van der Waals surface area contributed by atoms with Crippen LogP contribution in [0.4, 0.5) is 0 Å². The smallest absolute Gasteiger partial charge is 0.207 e. The van der Waals surface area contributed by atoms with Crippen LogP contribution in [0.2, 0.25) is 0 Å². The molecule has 0 saturated heterocycles. The first kappa shape index (κ1) is 16.0. The van der Waals surface area contributed by atoms with Crippen LogP contribution in [0.25, 0.3) is 33.8 Å². The van der Waals surface area contributed by atoms with E-state index in [1.807, 2.05) is 24.3 Å². The van der Waals surface area contributed by atoms with Crippen molar-refractivity contribution >= 4 is 22.6 Å². The van der Waals surface area contributed by atoms with Crippen molar-refractivity contribution in [3.05, 3.63) is 101 Å². The van der Waals surface area contributed by atoms with Crippen LogP contribution in [-0.2, 0) is 0 Å². The van der Waals surface area contributed by atoms with Crippen molar-refractivity contribution in [3.8, 4) is 33.8 Å². The van der Waals surface area contributed by atoms with Crippen LogP contribution in [0, 0.1) is 3.57 Å². The Bertz CT molecular complexity index is 937. The molecule has 0 saturated carbocycles. The topological polar surface area (TPSA) is 11.3 Å². The van der Waals surface area contributed by atoms with Gasteiger partial charge in [0.05, 0.1) is 23.3 Å². The molecular weight excluding hydrogens is 419 g/mol. The molecule has 0 bridgehead atoms. The monoisotopic (exact) mass is 435 g/mol. The van der Waals surface area contributed by atoms with E-state index in [-0.39, 0.29) is 0 Å². The molecule has 0 radical (unpaired) electrons. The zero-order valence-corrected chi connectivity index (χ0v) is 15.7. The van der Waals surface area contributed by atoms with Gasteiger partial charge in [-0.3, -0.25) is 0 Å². The van der Waals surface area contributed by atoms with Crippen molar-refractivity contribution in [3.63, 3.8) is 0 Å². The van der Waals surface area contributed by atoms with E-state index >= 15 is 0 Å². The lowest BCUT2D eigenvalue weighted by Gasteiger charge is -2.02. The molecule has 0 atom stereocenters. The van der Waals surface area contributed by atoms with Gasteiger partial charge in [0.15, 0.2) is 0 Å². The van der Waals surface area contributed by atoms with Crippen molar-refractivity contribution in [2.75, 3.05) is 0 Å². The van der Waals surface area contributed by atoms with E-state index in [2.05, 4.69) is 95.4 Å². The molecule has 2 heteroatoms. The van der Waals surface area contributed by atoms with Gasteiger partial charge < -0.3 is 0 Å². The van der Waals surface area contributed by atoms with Crippen molar-refractivity contribution in [1.82, 2.24) is 0 Å². The highest BCUT2D eigenvalue weighted by molar-refractivity contribution is 14.1. The average molecular weight is 435 g/mol. The van der Waals surface area contributed by atoms with E-state index in [9.17, 15) is 0 Å². The van der Waals surface area contributed by atoms with Crippen LogP contribution >= 0.6 is 22.6 Å². The third-order valence-electron chi connectivity index (χ3n) is 4.07. The first-order valence-corrected chi connectivity index (χ1v) is 9.22. The molecule has 1 aromatic heterocycles. The van der Waals surface area contributed by atoms with E-state index in [0.717, 1.165) is 28.2 Å². The number of hydrogen-bond acceptors (Lipinski definition) is 0. The summed E-state index contributed by atoms with van der Waals surface area (Å²) >= 11 is 2.33. The van der Waals surface area contributed by atoms with E-state index < -0.39 is 0 Å². The zero-order valence-electron chi connectivity index (χ0n) is 13.5. The van der Waals surface area contributed by atoms with E-state index in [4.69, 9.17) is 4.42 Å². The molecule has 120 valence electrons. The van der Waals surface area contributed by atoms with Gasteiger partial charge in [0.2, 0.25) is 0 Å². The fraction of sp³-hybridized carbons (Fsp3) is 0. The summed E-state index contributed by atoms with van der Waals surface area (Å²) in [5, 5.41) is 0. The largest absolute Gasteiger partial charge is 0.361 e. The van der Waals surface area contributed by atoms with E-state index in [0.29, 0.717) is 0 Å². The maximum atomic E-state index is 6.26. The van der Waals surface area contributed by atoms with Crippen LogP contribution in [0.5, 0.6) is 0 Å². The van der Waals surface area contributed by atoms with Crippen LogP contribution in [0.15, 0.2) is 101 Å². The lowest BCUT2D eigenvalue weighted by Crippen LogP contribution is -1.86. The second-order valence-electron chi connectivity index (χ2n) is 5.82. The van der Waals surface area contributed by atoms with Gasteiger partial charge in [-0.15, -0.1) is 0 Å². The molecule has 0 aliphatic heterocycles. The molecule has 0 aliphatic rings. The molecule has 4 aromatic rings. The fourth-order valence-electron chi connectivity index (χ4n) is 2.83. The molecule has 25 heavy (non-hydrogen) atoms. The highest BCUT2D eigenvalue weighted by Crippen LogP contribution is 2.33. The summed E-state index contributed by atoms with van der Waals surface area (Å²) in [6.07, 6.45) is 0. The van der Waals surface area contributed by atoms with Crippen molar-refractivity contribution in [1.29, 1.82) is 0 Å².